The van der Waals surface area contributed by atoms with Crippen molar-refractivity contribution in [1.82, 2.24) is 5.01 Å². The number of fused-ring (bicyclic) bond motifs is 1. The van der Waals surface area contributed by atoms with E-state index in [0.29, 0.717) is 6.61 Å². The van der Waals surface area contributed by atoms with Crippen LogP contribution in [0.4, 0.5) is 10.5 Å². The molecule has 1 unspecified atom stereocenters. The van der Waals surface area contributed by atoms with Crippen molar-refractivity contribution < 1.29 is 14.5 Å². The molecule has 2 heterocycles. The molecule has 138 valence electrons. The predicted molar refractivity (Wildman–Crippen MR) is 103 cm³/mol. The van der Waals surface area contributed by atoms with Crippen molar-refractivity contribution >= 4 is 28.4 Å². The summed E-state index contributed by atoms with van der Waals surface area (Å²) in [7, 11) is 0. The van der Waals surface area contributed by atoms with Gasteiger partial charge in [-0.05, 0) is 35.7 Å². The Labute approximate surface area is 160 Å². The lowest BCUT2D eigenvalue weighted by atomic mass is 10.0. The molecule has 2 aromatic rings. The predicted octanol–water partition coefficient (Wildman–Crippen LogP) is 4.34. The summed E-state index contributed by atoms with van der Waals surface area (Å²) < 4.78 is 5.36. The van der Waals surface area contributed by atoms with Gasteiger partial charge in [0, 0.05) is 17.7 Å². The molecule has 0 fully saturated rings. The molecule has 0 bridgehead atoms. The third kappa shape index (κ3) is 3.40. The van der Waals surface area contributed by atoms with Crippen LogP contribution < -0.4 is 4.74 Å². The lowest BCUT2D eigenvalue weighted by Gasteiger charge is -2.29. The second-order valence-electron chi connectivity index (χ2n) is 6.36. The molecule has 4 rings (SSSR count). The van der Waals surface area contributed by atoms with Crippen molar-refractivity contribution in [3.05, 3.63) is 69.3 Å². The number of nitro benzene ring substituents is 1. The topological polar surface area (TPSA) is 85.0 Å². The van der Waals surface area contributed by atoms with E-state index in [0.717, 1.165) is 34.6 Å². The van der Waals surface area contributed by atoms with Crippen LogP contribution in [0.25, 0.3) is 0 Å². The molecule has 1 atom stereocenters. The standard InChI is InChI=1S/C19H17N3O4S/c1-2-17-18(13-5-8-16-14(9-13)11-26-16)20-21(19(23)27-17)10-12-3-6-15(7-4-12)22(24)25/h3-9,17H,2,10-11H2,1H3. The minimum Gasteiger partial charge on any atom is -0.488 e. The van der Waals surface area contributed by atoms with Gasteiger partial charge in [0.25, 0.3) is 5.69 Å². The van der Waals surface area contributed by atoms with Crippen LogP contribution in [0.2, 0.25) is 0 Å². The van der Waals surface area contributed by atoms with E-state index < -0.39 is 4.92 Å². The number of thioether (sulfide) groups is 1. The van der Waals surface area contributed by atoms with E-state index in [1.54, 1.807) is 12.1 Å². The van der Waals surface area contributed by atoms with Crippen LogP contribution in [0.15, 0.2) is 47.6 Å². The zero-order valence-corrected chi connectivity index (χ0v) is 15.4. The Kier molecular flexibility index (Phi) is 4.57. The molecule has 0 aliphatic carbocycles. The van der Waals surface area contributed by atoms with E-state index in [-0.39, 0.29) is 22.7 Å². The molecule has 8 heteroatoms. The number of hydrogen-bond donors (Lipinski definition) is 0. The van der Waals surface area contributed by atoms with Gasteiger partial charge in [0.2, 0.25) is 0 Å². The minimum atomic E-state index is -0.442. The molecule has 0 spiro atoms. The van der Waals surface area contributed by atoms with Crippen LogP contribution in [0.3, 0.4) is 0 Å². The molecule has 0 saturated heterocycles. The van der Waals surface area contributed by atoms with Crippen LogP contribution in [0, 0.1) is 10.1 Å². The van der Waals surface area contributed by atoms with Gasteiger partial charge in [-0.3, -0.25) is 14.9 Å². The summed E-state index contributed by atoms with van der Waals surface area (Å²) in [6, 6.07) is 12.2. The monoisotopic (exact) mass is 383 g/mol. The van der Waals surface area contributed by atoms with Crippen LogP contribution in [0.1, 0.15) is 30.0 Å². The van der Waals surface area contributed by atoms with Crippen molar-refractivity contribution in [3.63, 3.8) is 0 Å². The number of amides is 1. The van der Waals surface area contributed by atoms with Crippen molar-refractivity contribution in [1.29, 1.82) is 0 Å². The number of benzene rings is 2. The van der Waals surface area contributed by atoms with Crippen LogP contribution in [-0.2, 0) is 13.2 Å². The van der Waals surface area contributed by atoms with Gasteiger partial charge in [-0.25, -0.2) is 5.01 Å². The van der Waals surface area contributed by atoms with Gasteiger partial charge in [0.15, 0.2) is 0 Å². The number of rotatable bonds is 5. The SMILES string of the molecule is CCC1SC(=O)N(Cc2ccc([N+](=O)[O-])cc2)N=C1c1ccc2c(c1)CO2. The fourth-order valence-corrected chi connectivity index (χ4v) is 3.99. The number of ether oxygens (including phenoxy) is 1. The molecule has 0 radical (unpaired) electrons. The van der Waals surface area contributed by atoms with Crippen molar-refractivity contribution in [3.8, 4) is 5.75 Å². The largest absolute Gasteiger partial charge is 0.488 e. The van der Waals surface area contributed by atoms with E-state index in [2.05, 4.69) is 11.2 Å². The number of nitro groups is 1. The summed E-state index contributed by atoms with van der Waals surface area (Å²) in [6.07, 6.45) is 0.800. The molecule has 0 saturated carbocycles. The van der Waals surface area contributed by atoms with Crippen molar-refractivity contribution in [2.24, 2.45) is 5.10 Å². The first-order chi connectivity index (χ1) is 13.0. The van der Waals surface area contributed by atoms with Gasteiger partial charge >= 0.3 is 5.24 Å². The van der Waals surface area contributed by atoms with E-state index in [9.17, 15) is 14.9 Å². The number of nitrogens with zero attached hydrogens (tertiary/aromatic N) is 3. The number of carbonyl (C=O) groups excluding carboxylic acids is 1. The highest BCUT2D eigenvalue weighted by atomic mass is 32.2. The quantitative estimate of drug-likeness (QED) is 0.566. The molecule has 2 aliphatic rings. The smallest absolute Gasteiger partial charge is 0.302 e. The summed E-state index contributed by atoms with van der Waals surface area (Å²) in [5, 5.41) is 16.7. The Hall–Kier alpha value is -2.87. The van der Waals surface area contributed by atoms with Gasteiger partial charge in [0.05, 0.1) is 22.4 Å². The van der Waals surface area contributed by atoms with Crippen molar-refractivity contribution in [2.75, 3.05) is 0 Å². The average Bonchev–Trinajstić information content (AvgIpc) is 2.64. The summed E-state index contributed by atoms with van der Waals surface area (Å²) in [4.78, 5) is 22.9. The maximum atomic E-state index is 12.5. The van der Waals surface area contributed by atoms with Gasteiger partial charge < -0.3 is 4.74 Å². The maximum absolute atomic E-state index is 12.5. The third-order valence-corrected chi connectivity index (χ3v) is 5.83. The molecule has 2 aliphatic heterocycles. The highest BCUT2D eigenvalue weighted by Crippen LogP contribution is 2.34. The Balaban J connectivity index is 1.62. The minimum absolute atomic E-state index is 0.00431. The molecule has 0 N–H and O–H groups in total. The van der Waals surface area contributed by atoms with Gasteiger partial charge in [-0.1, -0.05) is 30.8 Å². The van der Waals surface area contributed by atoms with Crippen LogP contribution in [0.5, 0.6) is 5.75 Å². The molecule has 1 amide bonds. The number of non-ortho nitro benzene ring substituents is 1. The number of carbonyl (C=O) groups is 1. The lowest BCUT2D eigenvalue weighted by Crippen LogP contribution is -2.35. The van der Waals surface area contributed by atoms with Crippen LogP contribution >= 0.6 is 11.8 Å². The normalized spacial score (nSPS) is 18.3. The second-order valence-corrected chi connectivity index (χ2v) is 7.51. The summed E-state index contributed by atoms with van der Waals surface area (Å²) >= 11 is 1.27. The Bertz CT molecular complexity index is 942. The zero-order valence-electron chi connectivity index (χ0n) is 14.6. The fraction of sp³-hybridized carbons (Fsp3) is 0.263. The molecule has 27 heavy (non-hydrogen) atoms. The Morgan fingerprint density at radius 1 is 1.30 bits per heavy atom. The molecule has 0 aromatic heterocycles. The first kappa shape index (κ1) is 17.5. The molecular weight excluding hydrogens is 366 g/mol. The first-order valence-electron chi connectivity index (χ1n) is 8.61. The Morgan fingerprint density at radius 2 is 2.07 bits per heavy atom. The molecule has 7 nitrogen and oxygen atoms in total. The van der Waals surface area contributed by atoms with E-state index in [1.807, 2.05) is 19.1 Å². The first-order valence-corrected chi connectivity index (χ1v) is 9.49. The van der Waals surface area contributed by atoms with E-state index >= 15 is 0 Å². The highest BCUT2D eigenvalue weighted by Gasteiger charge is 2.31. The summed E-state index contributed by atoms with van der Waals surface area (Å²) in [5.41, 5.74) is 3.83. The van der Waals surface area contributed by atoms with E-state index in [1.165, 1.54) is 28.9 Å². The van der Waals surface area contributed by atoms with Gasteiger partial charge in [-0.15, -0.1) is 0 Å². The molecular formula is C19H17N3O4S. The fourth-order valence-electron chi connectivity index (χ4n) is 3.06. The number of hydrogen-bond acceptors (Lipinski definition) is 6. The zero-order chi connectivity index (χ0) is 19.0. The summed E-state index contributed by atoms with van der Waals surface area (Å²) in [6.45, 7) is 2.92. The average molecular weight is 383 g/mol. The number of hydrazone groups is 1. The third-order valence-electron chi connectivity index (χ3n) is 4.58. The van der Waals surface area contributed by atoms with Crippen LogP contribution in [-0.4, -0.2) is 26.1 Å². The highest BCUT2D eigenvalue weighted by molar-refractivity contribution is 8.14. The van der Waals surface area contributed by atoms with E-state index in [4.69, 9.17) is 4.74 Å². The summed E-state index contributed by atoms with van der Waals surface area (Å²) in [5.74, 6) is 0.898. The second kappa shape index (κ2) is 7.03. The lowest BCUT2D eigenvalue weighted by molar-refractivity contribution is -0.384. The Morgan fingerprint density at radius 3 is 2.67 bits per heavy atom. The van der Waals surface area contributed by atoms with Crippen molar-refractivity contribution in [2.45, 2.75) is 31.7 Å². The van der Waals surface area contributed by atoms with Gasteiger partial charge in [0.1, 0.15) is 12.4 Å². The van der Waals surface area contributed by atoms with Gasteiger partial charge in [-0.2, -0.15) is 5.10 Å². The molecule has 2 aromatic carbocycles. The maximum Gasteiger partial charge on any atom is 0.302 e.